The van der Waals surface area contributed by atoms with E-state index in [1.165, 1.54) is 0 Å². The van der Waals surface area contributed by atoms with Gasteiger partial charge in [0, 0.05) is 21.7 Å². The Morgan fingerprint density at radius 1 is 0.833 bits per heavy atom. The Labute approximate surface area is 211 Å². The van der Waals surface area contributed by atoms with E-state index in [-0.39, 0.29) is 5.69 Å². The van der Waals surface area contributed by atoms with E-state index in [0.717, 1.165) is 15.9 Å². The fourth-order valence-electron chi connectivity index (χ4n) is 3.74. The monoisotopic (exact) mass is 503 g/mol. The number of carbonyl (C=O) groups excluding carboxylic acids is 2. The molecule has 3 aromatic carbocycles. The molecule has 4 rings (SSSR count). The lowest BCUT2D eigenvalue weighted by atomic mass is 9.97. The molecule has 4 N–H and O–H groups in total. The normalized spacial score (nSPS) is 10.5. The van der Waals surface area contributed by atoms with Gasteiger partial charge in [0.25, 0.3) is 11.8 Å². The molecule has 0 saturated carbocycles. The first kappa shape index (κ1) is 24.5. The van der Waals surface area contributed by atoms with E-state index in [1.807, 2.05) is 38.1 Å². The zero-order valence-corrected chi connectivity index (χ0v) is 20.1. The SMILES string of the molecule is Cc1cccc(C(=O)NNC(=O)c2c(-c3cccc(C)c3)c(-c3cccc(Cl)c3)nn2NC(=O)O)c1. The van der Waals surface area contributed by atoms with Crippen LogP contribution in [0.5, 0.6) is 0 Å². The van der Waals surface area contributed by atoms with E-state index in [0.29, 0.717) is 33.0 Å². The van der Waals surface area contributed by atoms with Crippen molar-refractivity contribution < 1.29 is 19.5 Å². The summed E-state index contributed by atoms with van der Waals surface area (Å²) >= 11 is 6.19. The molecule has 0 aliphatic carbocycles. The molecule has 9 nitrogen and oxygen atoms in total. The number of amides is 3. The van der Waals surface area contributed by atoms with Gasteiger partial charge in [-0.15, -0.1) is 0 Å². The van der Waals surface area contributed by atoms with Gasteiger partial charge in [0.1, 0.15) is 5.69 Å². The topological polar surface area (TPSA) is 125 Å². The van der Waals surface area contributed by atoms with Crippen molar-refractivity contribution in [3.05, 3.63) is 100 Å². The molecular formula is C26H22ClN5O4. The fraction of sp³-hybridized carbons (Fsp3) is 0.0769. The molecule has 0 spiro atoms. The number of hydrazine groups is 1. The minimum absolute atomic E-state index is 0.123. The van der Waals surface area contributed by atoms with E-state index in [4.69, 9.17) is 11.6 Å². The Morgan fingerprint density at radius 2 is 1.47 bits per heavy atom. The lowest BCUT2D eigenvalue weighted by molar-refractivity contribution is 0.0842. The van der Waals surface area contributed by atoms with Gasteiger partial charge >= 0.3 is 6.09 Å². The number of nitrogens with one attached hydrogen (secondary N) is 3. The minimum atomic E-state index is -1.43. The molecule has 0 radical (unpaired) electrons. The van der Waals surface area contributed by atoms with Crippen molar-refractivity contribution in [2.24, 2.45) is 0 Å². The number of aryl methyl sites for hydroxylation is 2. The first-order valence-corrected chi connectivity index (χ1v) is 11.2. The maximum absolute atomic E-state index is 13.4. The van der Waals surface area contributed by atoms with Gasteiger partial charge in [0.2, 0.25) is 0 Å². The second kappa shape index (κ2) is 10.3. The second-order valence-corrected chi connectivity index (χ2v) is 8.49. The smallest absolute Gasteiger partial charge is 0.425 e. The summed E-state index contributed by atoms with van der Waals surface area (Å²) in [5, 5.41) is 14.2. The molecular weight excluding hydrogens is 482 g/mol. The van der Waals surface area contributed by atoms with Crippen LogP contribution in [-0.2, 0) is 0 Å². The molecule has 0 bridgehead atoms. The zero-order valence-electron chi connectivity index (χ0n) is 19.4. The van der Waals surface area contributed by atoms with Gasteiger partial charge in [-0.2, -0.15) is 9.89 Å². The molecule has 1 heterocycles. The molecule has 4 aromatic rings. The number of carbonyl (C=O) groups is 3. The van der Waals surface area contributed by atoms with Crippen LogP contribution in [0, 0.1) is 13.8 Å². The van der Waals surface area contributed by atoms with Crippen LogP contribution in [0.1, 0.15) is 32.0 Å². The van der Waals surface area contributed by atoms with E-state index in [9.17, 15) is 19.5 Å². The lowest BCUT2D eigenvalue weighted by Gasteiger charge is -2.12. The maximum Gasteiger partial charge on any atom is 0.425 e. The van der Waals surface area contributed by atoms with E-state index in [1.54, 1.807) is 48.5 Å². The van der Waals surface area contributed by atoms with Crippen molar-refractivity contribution in [1.82, 2.24) is 20.7 Å². The third-order valence-corrected chi connectivity index (χ3v) is 5.51. The highest BCUT2D eigenvalue weighted by molar-refractivity contribution is 6.30. The molecule has 1 aromatic heterocycles. The van der Waals surface area contributed by atoms with Crippen LogP contribution < -0.4 is 16.3 Å². The van der Waals surface area contributed by atoms with Crippen molar-refractivity contribution in [2.45, 2.75) is 13.8 Å². The third-order valence-electron chi connectivity index (χ3n) is 5.28. The Kier molecular flexibility index (Phi) is 7.03. The van der Waals surface area contributed by atoms with Crippen molar-refractivity contribution in [3.8, 4) is 22.4 Å². The summed E-state index contributed by atoms with van der Waals surface area (Å²) < 4.78 is 0. The number of aromatic nitrogens is 2. The van der Waals surface area contributed by atoms with Crippen LogP contribution in [0.2, 0.25) is 5.02 Å². The maximum atomic E-state index is 13.4. The molecule has 0 fully saturated rings. The third kappa shape index (κ3) is 5.37. The highest BCUT2D eigenvalue weighted by atomic mass is 35.5. The Morgan fingerprint density at radius 3 is 2.14 bits per heavy atom. The molecule has 0 atom stereocenters. The summed E-state index contributed by atoms with van der Waals surface area (Å²) in [5.41, 5.74) is 10.8. The average molecular weight is 504 g/mol. The average Bonchev–Trinajstić information content (AvgIpc) is 3.21. The molecule has 0 aliphatic heterocycles. The van der Waals surface area contributed by atoms with E-state index >= 15 is 0 Å². The molecule has 3 amide bonds. The number of rotatable bonds is 5. The number of nitrogens with zero attached hydrogens (tertiary/aromatic N) is 2. The summed E-state index contributed by atoms with van der Waals surface area (Å²) in [5.74, 6) is -1.31. The van der Waals surface area contributed by atoms with Crippen LogP contribution in [0.25, 0.3) is 22.4 Å². The number of benzene rings is 3. The molecule has 10 heteroatoms. The van der Waals surface area contributed by atoms with Gasteiger partial charge in [0.15, 0.2) is 5.69 Å². The zero-order chi connectivity index (χ0) is 25.8. The predicted molar refractivity (Wildman–Crippen MR) is 136 cm³/mol. The highest BCUT2D eigenvalue weighted by Gasteiger charge is 2.27. The van der Waals surface area contributed by atoms with Crippen LogP contribution in [0.15, 0.2) is 72.8 Å². The molecule has 182 valence electrons. The van der Waals surface area contributed by atoms with Crippen LogP contribution in [0.3, 0.4) is 0 Å². The van der Waals surface area contributed by atoms with E-state index in [2.05, 4.69) is 21.4 Å². The van der Waals surface area contributed by atoms with Crippen molar-refractivity contribution in [2.75, 3.05) is 5.43 Å². The number of halogens is 1. The number of carboxylic acid groups (broad SMARTS) is 1. The van der Waals surface area contributed by atoms with Crippen LogP contribution in [0.4, 0.5) is 4.79 Å². The first-order chi connectivity index (χ1) is 17.2. The summed E-state index contributed by atoms with van der Waals surface area (Å²) in [6.45, 7) is 3.74. The Bertz CT molecular complexity index is 1480. The van der Waals surface area contributed by atoms with Gasteiger partial charge in [-0.25, -0.2) is 10.2 Å². The lowest BCUT2D eigenvalue weighted by Crippen LogP contribution is -2.43. The quantitative estimate of drug-likeness (QED) is 0.291. The minimum Gasteiger partial charge on any atom is -0.464 e. The first-order valence-electron chi connectivity index (χ1n) is 10.9. The van der Waals surface area contributed by atoms with Crippen molar-refractivity contribution in [1.29, 1.82) is 0 Å². The van der Waals surface area contributed by atoms with Crippen molar-refractivity contribution >= 4 is 29.5 Å². The van der Waals surface area contributed by atoms with Gasteiger partial charge < -0.3 is 5.11 Å². The van der Waals surface area contributed by atoms with Crippen molar-refractivity contribution in [3.63, 3.8) is 0 Å². The van der Waals surface area contributed by atoms with E-state index < -0.39 is 17.9 Å². The summed E-state index contributed by atoms with van der Waals surface area (Å²) in [6, 6.07) is 21.0. The van der Waals surface area contributed by atoms with Gasteiger partial charge in [-0.1, -0.05) is 71.3 Å². The second-order valence-electron chi connectivity index (χ2n) is 8.06. The summed E-state index contributed by atoms with van der Waals surface area (Å²) in [6.07, 6.45) is -1.43. The summed E-state index contributed by atoms with van der Waals surface area (Å²) in [7, 11) is 0. The highest BCUT2D eigenvalue weighted by Crippen LogP contribution is 2.35. The van der Waals surface area contributed by atoms with Gasteiger partial charge in [-0.3, -0.25) is 20.4 Å². The molecule has 0 unspecified atom stereocenters. The van der Waals surface area contributed by atoms with Gasteiger partial charge in [0.05, 0.1) is 0 Å². The molecule has 0 saturated heterocycles. The Balaban J connectivity index is 1.81. The largest absolute Gasteiger partial charge is 0.464 e. The molecule has 0 aliphatic rings. The number of hydrogen-bond acceptors (Lipinski definition) is 4. The van der Waals surface area contributed by atoms with Crippen LogP contribution in [-0.4, -0.2) is 32.9 Å². The predicted octanol–water partition coefficient (Wildman–Crippen LogP) is 4.78. The fourth-order valence-corrected chi connectivity index (χ4v) is 3.93. The summed E-state index contributed by atoms with van der Waals surface area (Å²) in [4.78, 5) is 38.4. The van der Waals surface area contributed by atoms with Gasteiger partial charge in [-0.05, 0) is 43.7 Å². The van der Waals surface area contributed by atoms with Crippen LogP contribution >= 0.6 is 11.6 Å². The standard InChI is InChI=1S/C26H22ClN5O4/c1-15-6-3-8-17(12-15)21-22(18-9-5-11-20(27)14-18)30-32(31-26(35)36)23(21)25(34)29-28-24(33)19-10-4-7-16(2)13-19/h3-14,31H,1-2H3,(H,28,33)(H,29,34)(H,35,36). The Hall–Kier alpha value is -4.63. The number of hydrogen-bond donors (Lipinski definition) is 4. The molecule has 36 heavy (non-hydrogen) atoms.